The molecule has 0 radical (unpaired) electrons. The van der Waals surface area contributed by atoms with Gasteiger partial charge in [-0.1, -0.05) is 0 Å². The molecule has 2 heterocycles. The van der Waals surface area contributed by atoms with Gasteiger partial charge in [-0.2, -0.15) is 0 Å². The number of carboxylic acids is 1. The minimum Gasteiger partial charge on any atom is -0.477 e. The molecule has 0 saturated heterocycles. The molecule has 21 heavy (non-hydrogen) atoms. The summed E-state index contributed by atoms with van der Waals surface area (Å²) in [5.41, 5.74) is 0.717. The Morgan fingerprint density at radius 3 is 2.81 bits per heavy atom. The molecule has 0 aromatic carbocycles. The number of likely N-dealkylation sites (N-methyl/N-ethyl adjacent to an activating group) is 1. The first-order valence-electron chi connectivity index (χ1n) is 6.72. The van der Waals surface area contributed by atoms with Crippen LogP contribution < -0.4 is 4.90 Å². The lowest BCUT2D eigenvalue weighted by molar-refractivity contribution is 0.0701. The first kappa shape index (κ1) is 15.7. The van der Waals surface area contributed by atoms with Crippen LogP contribution in [0.25, 0.3) is 10.2 Å². The van der Waals surface area contributed by atoms with Gasteiger partial charge in [-0.05, 0) is 26.3 Å². The highest BCUT2D eigenvalue weighted by Crippen LogP contribution is 2.34. The Bertz CT molecular complexity index is 654. The van der Waals surface area contributed by atoms with Crippen molar-refractivity contribution in [3.8, 4) is 0 Å². The van der Waals surface area contributed by atoms with Crippen LogP contribution in [-0.4, -0.2) is 47.3 Å². The van der Waals surface area contributed by atoms with E-state index in [0.717, 1.165) is 16.8 Å². The van der Waals surface area contributed by atoms with Gasteiger partial charge < -0.3 is 14.7 Å². The number of anilines is 1. The van der Waals surface area contributed by atoms with Crippen LogP contribution in [0.5, 0.6) is 0 Å². The van der Waals surface area contributed by atoms with Gasteiger partial charge in [0.25, 0.3) is 0 Å². The lowest BCUT2D eigenvalue weighted by atomic mass is 10.2. The third-order valence-corrected chi connectivity index (χ3v) is 4.33. The highest BCUT2D eigenvalue weighted by molar-refractivity contribution is 7.20. The maximum Gasteiger partial charge on any atom is 0.346 e. The number of aryl methyl sites for hydroxylation is 1. The van der Waals surface area contributed by atoms with Crippen molar-refractivity contribution in [2.45, 2.75) is 26.9 Å². The lowest BCUT2D eigenvalue weighted by Gasteiger charge is -2.19. The van der Waals surface area contributed by atoms with Crippen molar-refractivity contribution >= 4 is 33.3 Å². The summed E-state index contributed by atoms with van der Waals surface area (Å²) < 4.78 is 5.54. The standard InChI is InChI=1S/C14H19N3O3S/c1-8(2)20-6-5-17(4)12-10-9(3)11(14(18)19)21-13(10)16-7-15-12/h7-8H,5-6H2,1-4H3,(H,18,19). The van der Waals surface area contributed by atoms with Crippen LogP contribution >= 0.6 is 11.3 Å². The molecule has 0 aliphatic carbocycles. The third kappa shape index (κ3) is 3.30. The van der Waals surface area contributed by atoms with Gasteiger partial charge in [-0.15, -0.1) is 11.3 Å². The molecule has 0 aliphatic rings. The zero-order chi connectivity index (χ0) is 15.6. The molecule has 0 unspecified atom stereocenters. The van der Waals surface area contributed by atoms with Crippen LogP contribution in [-0.2, 0) is 4.74 Å². The maximum atomic E-state index is 11.2. The molecule has 1 N–H and O–H groups in total. The molecular formula is C14H19N3O3S. The first-order valence-corrected chi connectivity index (χ1v) is 7.53. The number of rotatable bonds is 6. The number of nitrogens with zero attached hydrogens (tertiary/aromatic N) is 3. The molecule has 2 aromatic heterocycles. The number of carboxylic acid groups (broad SMARTS) is 1. The Labute approximate surface area is 127 Å². The van der Waals surface area contributed by atoms with E-state index >= 15 is 0 Å². The van der Waals surface area contributed by atoms with E-state index < -0.39 is 5.97 Å². The molecule has 0 spiro atoms. The van der Waals surface area contributed by atoms with Crippen molar-refractivity contribution in [3.63, 3.8) is 0 Å². The Morgan fingerprint density at radius 1 is 1.48 bits per heavy atom. The van der Waals surface area contributed by atoms with Crippen LogP contribution in [0.15, 0.2) is 6.33 Å². The number of fused-ring (bicyclic) bond motifs is 1. The first-order chi connectivity index (χ1) is 9.91. The van der Waals surface area contributed by atoms with Crippen LogP contribution in [0.4, 0.5) is 5.82 Å². The number of carbonyl (C=O) groups is 1. The molecular weight excluding hydrogens is 290 g/mol. The summed E-state index contributed by atoms with van der Waals surface area (Å²) in [5, 5.41) is 10.0. The predicted octanol–water partition coefficient (Wildman–Crippen LogP) is 2.56. The van der Waals surface area contributed by atoms with E-state index in [1.54, 1.807) is 6.92 Å². The zero-order valence-electron chi connectivity index (χ0n) is 12.6. The molecule has 0 fully saturated rings. The molecule has 0 aliphatic heterocycles. The van der Waals surface area contributed by atoms with Gasteiger partial charge in [-0.3, -0.25) is 0 Å². The second kappa shape index (κ2) is 6.36. The van der Waals surface area contributed by atoms with Crippen LogP contribution in [0.1, 0.15) is 29.1 Å². The summed E-state index contributed by atoms with van der Waals surface area (Å²) in [4.78, 5) is 22.7. The highest BCUT2D eigenvalue weighted by atomic mass is 32.1. The normalized spacial score (nSPS) is 11.3. The van der Waals surface area contributed by atoms with E-state index in [9.17, 15) is 9.90 Å². The van der Waals surface area contributed by atoms with E-state index in [2.05, 4.69) is 9.97 Å². The topological polar surface area (TPSA) is 75.5 Å². The van der Waals surface area contributed by atoms with Crippen molar-refractivity contribution in [1.82, 2.24) is 9.97 Å². The van der Waals surface area contributed by atoms with E-state index in [1.165, 1.54) is 17.7 Å². The average Bonchev–Trinajstić information content (AvgIpc) is 2.76. The molecule has 6 nitrogen and oxygen atoms in total. The van der Waals surface area contributed by atoms with Crippen molar-refractivity contribution in [3.05, 3.63) is 16.8 Å². The number of thiophene rings is 1. The van der Waals surface area contributed by atoms with Crippen LogP contribution in [0.3, 0.4) is 0 Å². The van der Waals surface area contributed by atoms with Gasteiger partial charge in [0.05, 0.1) is 18.1 Å². The third-order valence-electron chi connectivity index (χ3n) is 3.14. The van der Waals surface area contributed by atoms with Crippen molar-refractivity contribution in [2.75, 3.05) is 25.1 Å². The Balaban J connectivity index is 2.33. The summed E-state index contributed by atoms with van der Waals surface area (Å²) in [7, 11) is 1.92. The minimum absolute atomic E-state index is 0.185. The molecule has 0 amide bonds. The lowest BCUT2D eigenvalue weighted by Crippen LogP contribution is -2.25. The molecule has 0 atom stereocenters. The summed E-state index contributed by atoms with van der Waals surface area (Å²) in [5.74, 6) is -0.180. The van der Waals surface area contributed by atoms with Crippen molar-refractivity contribution in [1.29, 1.82) is 0 Å². The molecule has 2 aromatic rings. The van der Waals surface area contributed by atoms with E-state index in [1.807, 2.05) is 25.8 Å². The van der Waals surface area contributed by atoms with Gasteiger partial charge in [0.2, 0.25) is 0 Å². The van der Waals surface area contributed by atoms with Crippen LogP contribution in [0, 0.1) is 6.92 Å². The Morgan fingerprint density at radius 2 is 2.19 bits per heavy atom. The summed E-state index contributed by atoms with van der Waals surface area (Å²) in [6.45, 7) is 7.06. The minimum atomic E-state index is -0.924. The van der Waals surface area contributed by atoms with Gasteiger partial charge in [0.1, 0.15) is 21.9 Å². The van der Waals surface area contributed by atoms with Gasteiger partial charge >= 0.3 is 5.97 Å². The number of aromatic carboxylic acids is 1. The Kier molecular flexibility index (Phi) is 4.74. The summed E-state index contributed by atoms with van der Waals surface area (Å²) >= 11 is 1.18. The monoisotopic (exact) mass is 309 g/mol. The number of hydrogen-bond acceptors (Lipinski definition) is 6. The number of hydrogen-bond donors (Lipinski definition) is 1. The van der Waals surface area contributed by atoms with Gasteiger partial charge in [-0.25, -0.2) is 14.8 Å². The smallest absolute Gasteiger partial charge is 0.346 e. The fraction of sp³-hybridized carbons (Fsp3) is 0.500. The van der Waals surface area contributed by atoms with E-state index in [4.69, 9.17) is 4.74 Å². The number of ether oxygens (including phenoxy) is 1. The van der Waals surface area contributed by atoms with Gasteiger partial charge in [0.15, 0.2) is 0 Å². The highest BCUT2D eigenvalue weighted by Gasteiger charge is 2.20. The summed E-state index contributed by atoms with van der Waals surface area (Å²) in [6, 6.07) is 0. The molecule has 2 rings (SSSR count). The maximum absolute atomic E-state index is 11.2. The van der Waals surface area contributed by atoms with Gasteiger partial charge in [0, 0.05) is 13.6 Å². The zero-order valence-corrected chi connectivity index (χ0v) is 13.4. The van der Waals surface area contributed by atoms with Crippen molar-refractivity contribution in [2.24, 2.45) is 0 Å². The quantitative estimate of drug-likeness (QED) is 0.884. The predicted molar refractivity (Wildman–Crippen MR) is 83.5 cm³/mol. The molecule has 0 bridgehead atoms. The van der Waals surface area contributed by atoms with E-state index in [-0.39, 0.29) is 6.10 Å². The average molecular weight is 309 g/mol. The largest absolute Gasteiger partial charge is 0.477 e. The molecule has 114 valence electrons. The second-order valence-corrected chi connectivity index (χ2v) is 6.08. The molecule has 0 saturated carbocycles. The SMILES string of the molecule is Cc1c(C(=O)O)sc2ncnc(N(C)CCOC(C)C)c12. The van der Waals surface area contributed by atoms with Crippen LogP contribution in [0.2, 0.25) is 0 Å². The fourth-order valence-corrected chi connectivity index (χ4v) is 3.06. The second-order valence-electron chi connectivity index (χ2n) is 5.08. The Hall–Kier alpha value is -1.73. The fourth-order valence-electron chi connectivity index (χ4n) is 2.08. The number of aromatic nitrogens is 2. The van der Waals surface area contributed by atoms with E-state index in [0.29, 0.717) is 22.9 Å². The van der Waals surface area contributed by atoms with Crippen molar-refractivity contribution < 1.29 is 14.6 Å². The summed E-state index contributed by atoms with van der Waals surface area (Å²) in [6.07, 6.45) is 1.66. The molecule has 7 heteroatoms.